The minimum absolute atomic E-state index is 0.255. The zero-order valence-corrected chi connectivity index (χ0v) is 15.8. The zero-order valence-electron chi connectivity index (χ0n) is 14.8. The van der Waals surface area contributed by atoms with Gasteiger partial charge in [0.1, 0.15) is 0 Å². The molecule has 4 atom stereocenters. The maximum absolute atomic E-state index is 6.59. The van der Waals surface area contributed by atoms with Gasteiger partial charge in [0.15, 0.2) is 0 Å². The summed E-state index contributed by atoms with van der Waals surface area (Å²) in [6, 6.07) is 0.860. The summed E-state index contributed by atoms with van der Waals surface area (Å²) in [4.78, 5) is 0. The van der Waals surface area contributed by atoms with Crippen molar-refractivity contribution in [1.82, 2.24) is 0 Å². The van der Waals surface area contributed by atoms with Gasteiger partial charge in [0.2, 0.25) is 0 Å². The van der Waals surface area contributed by atoms with Gasteiger partial charge in [-0.05, 0) is 44.4 Å². The van der Waals surface area contributed by atoms with Crippen LogP contribution < -0.4 is 0 Å². The molecule has 5 heteroatoms. The molecule has 0 N–H and O–H groups in total. The van der Waals surface area contributed by atoms with Crippen molar-refractivity contribution < 1.29 is 18.0 Å². The Balaban J connectivity index is 1.97. The van der Waals surface area contributed by atoms with Crippen molar-refractivity contribution in [3.05, 3.63) is 0 Å². The Labute approximate surface area is 137 Å². The molecule has 1 saturated carbocycles. The molecule has 2 rings (SSSR count). The Hall–Kier alpha value is 0.0569. The molecule has 4 nitrogen and oxygen atoms in total. The lowest BCUT2D eigenvalue weighted by Crippen LogP contribution is -2.50. The van der Waals surface area contributed by atoms with E-state index in [0.29, 0.717) is 18.1 Å². The molecule has 0 aromatic carbocycles. The van der Waals surface area contributed by atoms with E-state index in [1.54, 1.807) is 0 Å². The van der Waals surface area contributed by atoms with E-state index >= 15 is 0 Å². The maximum atomic E-state index is 6.59. The van der Waals surface area contributed by atoms with Crippen LogP contribution in [0.2, 0.25) is 6.04 Å². The van der Waals surface area contributed by atoms with Crippen LogP contribution in [0.1, 0.15) is 66.2 Å². The molecule has 0 aromatic rings. The first-order valence-electron chi connectivity index (χ1n) is 9.29. The molecule has 0 bridgehead atoms. The summed E-state index contributed by atoms with van der Waals surface area (Å²) in [6.07, 6.45) is 7.91. The molecule has 2 fully saturated rings. The summed E-state index contributed by atoms with van der Waals surface area (Å²) in [6.45, 7) is 10.1. The highest BCUT2D eigenvalue weighted by molar-refractivity contribution is 6.60. The molecule has 0 spiro atoms. The van der Waals surface area contributed by atoms with E-state index < -0.39 is 8.80 Å². The monoisotopic (exact) mass is 330 g/mol. The zero-order chi connectivity index (χ0) is 16.0. The van der Waals surface area contributed by atoms with Crippen LogP contribution in [0.3, 0.4) is 0 Å². The van der Waals surface area contributed by atoms with Crippen LogP contribution in [0.15, 0.2) is 0 Å². The first-order chi connectivity index (χ1) is 10.7. The predicted octanol–water partition coefficient (Wildman–Crippen LogP) is 4.16. The summed E-state index contributed by atoms with van der Waals surface area (Å²) in [5.74, 6) is 0.600. The molecule has 1 aliphatic carbocycles. The highest BCUT2D eigenvalue weighted by Gasteiger charge is 2.48. The van der Waals surface area contributed by atoms with Crippen molar-refractivity contribution in [3.63, 3.8) is 0 Å². The lowest BCUT2D eigenvalue weighted by molar-refractivity contribution is -0.00210. The van der Waals surface area contributed by atoms with Gasteiger partial charge in [0.05, 0.1) is 18.3 Å². The largest absolute Gasteiger partial charge is 0.500 e. The average molecular weight is 331 g/mol. The maximum Gasteiger partial charge on any atom is 0.500 e. The van der Waals surface area contributed by atoms with Gasteiger partial charge >= 0.3 is 8.80 Å². The lowest BCUT2D eigenvalue weighted by Gasteiger charge is -2.36. The third-order valence-electron chi connectivity index (χ3n) is 4.79. The summed E-state index contributed by atoms with van der Waals surface area (Å²) < 4.78 is 24.6. The summed E-state index contributed by atoms with van der Waals surface area (Å²) in [5.41, 5.74) is 0. The minimum Gasteiger partial charge on any atom is -0.373 e. The molecule has 1 aliphatic heterocycles. The Morgan fingerprint density at radius 1 is 1.00 bits per heavy atom. The van der Waals surface area contributed by atoms with Crippen molar-refractivity contribution in [1.29, 1.82) is 0 Å². The summed E-state index contributed by atoms with van der Waals surface area (Å²) in [7, 11) is -2.53. The average Bonchev–Trinajstić information content (AvgIpc) is 3.33. The van der Waals surface area contributed by atoms with E-state index in [0.717, 1.165) is 44.9 Å². The fourth-order valence-electron chi connectivity index (χ4n) is 3.43. The molecule has 130 valence electrons. The van der Waals surface area contributed by atoms with Gasteiger partial charge in [-0.1, -0.05) is 27.7 Å². The fourth-order valence-corrected chi connectivity index (χ4v) is 6.07. The lowest BCUT2D eigenvalue weighted by atomic mass is 9.84. The molecule has 4 unspecified atom stereocenters. The number of hydrogen-bond acceptors (Lipinski definition) is 4. The van der Waals surface area contributed by atoms with Crippen molar-refractivity contribution in [2.24, 2.45) is 5.92 Å². The van der Waals surface area contributed by atoms with Crippen molar-refractivity contribution in [2.45, 2.75) is 90.6 Å². The van der Waals surface area contributed by atoms with E-state index in [-0.39, 0.29) is 6.10 Å². The minimum atomic E-state index is -2.53. The Morgan fingerprint density at radius 2 is 1.68 bits per heavy atom. The van der Waals surface area contributed by atoms with Crippen LogP contribution in [-0.4, -0.2) is 40.3 Å². The predicted molar refractivity (Wildman–Crippen MR) is 89.9 cm³/mol. The molecular weight excluding hydrogens is 296 g/mol. The third-order valence-corrected chi connectivity index (χ3v) is 7.60. The van der Waals surface area contributed by atoms with Gasteiger partial charge in [-0.3, -0.25) is 0 Å². The Kier molecular flexibility index (Phi) is 7.34. The highest BCUT2D eigenvalue weighted by Crippen LogP contribution is 2.42. The van der Waals surface area contributed by atoms with E-state index in [9.17, 15) is 0 Å². The summed E-state index contributed by atoms with van der Waals surface area (Å²) in [5, 5.41) is 0. The second kappa shape index (κ2) is 8.78. The number of rotatable bonds is 11. The Morgan fingerprint density at radius 3 is 2.18 bits per heavy atom. The van der Waals surface area contributed by atoms with Gasteiger partial charge in [-0.2, -0.15) is 0 Å². The van der Waals surface area contributed by atoms with Gasteiger partial charge < -0.3 is 18.0 Å². The van der Waals surface area contributed by atoms with Gasteiger partial charge in [-0.15, -0.1) is 0 Å². The molecule has 0 aromatic heterocycles. The van der Waals surface area contributed by atoms with Gasteiger partial charge in [0.25, 0.3) is 0 Å². The molecule has 2 aliphatic rings. The normalized spacial score (nSPS) is 29.2. The topological polar surface area (TPSA) is 40.2 Å². The van der Waals surface area contributed by atoms with Crippen molar-refractivity contribution >= 4 is 8.80 Å². The fraction of sp³-hybridized carbons (Fsp3) is 1.00. The van der Waals surface area contributed by atoms with Gasteiger partial charge in [0, 0.05) is 19.3 Å². The molecule has 1 saturated heterocycles. The molecular formula is C17H34O4Si. The van der Waals surface area contributed by atoms with E-state index in [4.69, 9.17) is 18.0 Å². The third kappa shape index (κ3) is 4.77. The molecule has 22 heavy (non-hydrogen) atoms. The smallest absolute Gasteiger partial charge is 0.373 e. The second-order valence-corrected chi connectivity index (χ2v) is 9.47. The SMILES string of the molecule is CCCO[Si](CC)(OCCC)OC(CC)C1CCC2OC2C1. The number of ether oxygens (including phenoxy) is 1. The molecule has 0 amide bonds. The first kappa shape index (κ1) is 18.4. The quantitative estimate of drug-likeness (QED) is 0.421. The van der Waals surface area contributed by atoms with Crippen LogP contribution >= 0.6 is 0 Å². The van der Waals surface area contributed by atoms with Crippen LogP contribution in [0.25, 0.3) is 0 Å². The van der Waals surface area contributed by atoms with Crippen molar-refractivity contribution in [3.8, 4) is 0 Å². The van der Waals surface area contributed by atoms with Crippen molar-refractivity contribution in [2.75, 3.05) is 13.2 Å². The number of epoxide rings is 1. The second-order valence-electron chi connectivity index (χ2n) is 6.58. The van der Waals surface area contributed by atoms with Crippen LogP contribution in [-0.2, 0) is 18.0 Å². The van der Waals surface area contributed by atoms with Crippen LogP contribution in [0.4, 0.5) is 0 Å². The van der Waals surface area contributed by atoms with Gasteiger partial charge in [-0.25, -0.2) is 0 Å². The van der Waals surface area contributed by atoms with E-state index in [1.165, 1.54) is 12.8 Å². The summed E-state index contributed by atoms with van der Waals surface area (Å²) >= 11 is 0. The van der Waals surface area contributed by atoms with E-state index in [1.807, 2.05) is 0 Å². The highest BCUT2D eigenvalue weighted by atomic mass is 28.4. The molecule has 0 radical (unpaired) electrons. The standard InChI is InChI=1S/C17H34O4Si/c1-5-11-18-22(8-4,19-12-6-2)21-15(7-3)14-9-10-16-17(13-14)20-16/h14-17H,5-13H2,1-4H3. The first-order valence-corrected chi connectivity index (χ1v) is 11.2. The number of hydrogen-bond donors (Lipinski definition) is 0. The van der Waals surface area contributed by atoms with Crippen LogP contribution in [0.5, 0.6) is 0 Å². The van der Waals surface area contributed by atoms with E-state index in [2.05, 4.69) is 27.7 Å². The number of fused-ring (bicyclic) bond motifs is 1. The molecule has 1 heterocycles. The van der Waals surface area contributed by atoms with Crippen LogP contribution in [0, 0.1) is 5.92 Å². The Bertz CT molecular complexity index is 318.